The van der Waals surface area contributed by atoms with E-state index < -0.39 is 11.4 Å². The fourth-order valence-corrected chi connectivity index (χ4v) is 8.65. The molecule has 2 N–H and O–H groups in total. The van der Waals surface area contributed by atoms with Gasteiger partial charge >= 0.3 is 5.97 Å². The lowest BCUT2D eigenvalue weighted by atomic mass is 9.34. The normalized spacial score (nSPS) is 46.8. The van der Waals surface area contributed by atoms with Crippen LogP contribution in [0.15, 0.2) is 46.3 Å². The zero-order chi connectivity index (χ0) is 24.2. The van der Waals surface area contributed by atoms with Crippen LogP contribution in [-0.2, 0) is 9.59 Å². The molecule has 5 aliphatic rings. The molecule has 178 valence electrons. The molecule has 33 heavy (non-hydrogen) atoms. The summed E-state index contributed by atoms with van der Waals surface area (Å²) in [7, 11) is 0. The van der Waals surface area contributed by atoms with Gasteiger partial charge < -0.3 is 10.2 Å². The van der Waals surface area contributed by atoms with Crippen LogP contribution in [-0.4, -0.2) is 22.0 Å². The number of aliphatic hydroxyl groups excluding tert-OH is 1. The number of ketones is 1. The molecule has 0 aromatic carbocycles. The van der Waals surface area contributed by atoms with Gasteiger partial charge in [0.2, 0.25) is 5.78 Å². The van der Waals surface area contributed by atoms with Crippen molar-refractivity contribution in [1.82, 2.24) is 0 Å². The van der Waals surface area contributed by atoms with E-state index in [9.17, 15) is 19.8 Å². The minimum absolute atomic E-state index is 0.0000746. The molecule has 0 aromatic heterocycles. The van der Waals surface area contributed by atoms with Crippen molar-refractivity contribution in [2.24, 2.45) is 33.0 Å². The lowest BCUT2D eigenvalue weighted by molar-refractivity contribution is -0.178. The molecule has 6 atom stereocenters. The van der Waals surface area contributed by atoms with E-state index in [2.05, 4.69) is 39.8 Å². The van der Waals surface area contributed by atoms with Gasteiger partial charge in [0.1, 0.15) is 0 Å². The summed E-state index contributed by atoms with van der Waals surface area (Å²) >= 11 is 0. The number of aliphatic hydroxyl groups is 1. The number of hydrogen-bond donors (Lipinski definition) is 2. The summed E-state index contributed by atoms with van der Waals surface area (Å²) < 4.78 is 0. The summed E-state index contributed by atoms with van der Waals surface area (Å²) in [6.07, 6.45) is 12.7. The molecular formula is C29H38O4. The van der Waals surface area contributed by atoms with E-state index in [-0.39, 0.29) is 33.2 Å². The van der Waals surface area contributed by atoms with Gasteiger partial charge in [0.05, 0.1) is 5.41 Å². The average Bonchev–Trinajstić information content (AvgIpc) is 2.75. The summed E-state index contributed by atoms with van der Waals surface area (Å²) in [5.74, 6) is -0.734. The SMILES string of the molecule is CC1=C(O)C(=O)C=C2C1=CC=C1[C@]2(C)CC[C@]2(C)[C@@H]3C[C@](C)(C(=O)O)CC[C@@]3(C)CC[C@]12C. The third kappa shape index (κ3) is 2.64. The Bertz CT molecular complexity index is 1100. The first-order valence-corrected chi connectivity index (χ1v) is 12.6. The molecule has 5 aliphatic carbocycles. The predicted octanol–water partition coefficient (Wildman–Crippen LogP) is 6.70. The summed E-state index contributed by atoms with van der Waals surface area (Å²) in [5.41, 5.74) is 3.33. The highest BCUT2D eigenvalue weighted by molar-refractivity contribution is 6.06. The van der Waals surface area contributed by atoms with E-state index in [1.165, 1.54) is 5.57 Å². The number of rotatable bonds is 1. The van der Waals surface area contributed by atoms with Gasteiger partial charge in [-0.3, -0.25) is 9.59 Å². The molecule has 0 aliphatic heterocycles. The third-order valence-electron chi connectivity index (χ3n) is 11.4. The monoisotopic (exact) mass is 450 g/mol. The highest BCUT2D eigenvalue weighted by atomic mass is 16.4. The molecule has 3 fully saturated rings. The largest absolute Gasteiger partial charge is 0.504 e. The number of hydrogen-bond acceptors (Lipinski definition) is 3. The Balaban J connectivity index is 1.64. The quantitative estimate of drug-likeness (QED) is 0.466. The summed E-state index contributed by atoms with van der Waals surface area (Å²) in [5, 5.41) is 20.3. The van der Waals surface area contributed by atoms with Gasteiger partial charge in [-0.15, -0.1) is 0 Å². The van der Waals surface area contributed by atoms with Crippen molar-refractivity contribution in [2.75, 3.05) is 0 Å². The van der Waals surface area contributed by atoms with Gasteiger partial charge in [0.15, 0.2) is 5.76 Å². The van der Waals surface area contributed by atoms with Crippen molar-refractivity contribution in [1.29, 1.82) is 0 Å². The molecule has 0 bridgehead atoms. The predicted molar refractivity (Wildman–Crippen MR) is 129 cm³/mol. The average molecular weight is 451 g/mol. The third-order valence-corrected chi connectivity index (χ3v) is 11.4. The molecule has 3 saturated carbocycles. The van der Waals surface area contributed by atoms with E-state index >= 15 is 0 Å². The van der Waals surface area contributed by atoms with Crippen LogP contribution in [0, 0.1) is 33.0 Å². The molecule has 0 amide bonds. The number of aliphatic carboxylic acids is 1. The maximum Gasteiger partial charge on any atom is 0.309 e. The molecular weight excluding hydrogens is 412 g/mol. The summed E-state index contributed by atoms with van der Waals surface area (Å²) in [6.45, 7) is 13.3. The molecule has 0 heterocycles. The van der Waals surface area contributed by atoms with Crippen molar-refractivity contribution >= 4 is 11.8 Å². The van der Waals surface area contributed by atoms with Gasteiger partial charge in [-0.1, -0.05) is 45.4 Å². The molecule has 5 rings (SSSR count). The molecule has 4 heteroatoms. The van der Waals surface area contributed by atoms with Crippen LogP contribution in [0.25, 0.3) is 0 Å². The van der Waals surface area contributed by atoms with Crippen LogP contribution in [0.4, 0.5) is 0 Å². The summed E-state index contributed by atoms with van der Waals surface area (Å²) in [4.78, 5) is 24.8. The van der Waals surface area contributed by atoms with Crippen LogP contribution in [0.3, 0.4) is 0 Å². The molecule has 0 aromatic rings. The number of carboxylic acids is 1. The van der Waals surface area contributed by atoms with Gasteiger partial charge in [0, 0.05) is 11.0 Å². The van der Waals surface area contributed by atoms with Crippen molar-refractivity contribution < 1.29 is 19.8 Å². The molecule has 0 saturated heterocycles. The maximum atomic E-state index is 12.6. The van der Waals surface area contributed by atoms with Crippen LogP contribution >= 0.6 is 0 Å². The molecule has 0 spiro atoms. The second-order valence-corrected chi connectivity index (χ2v) is 12.9. The Morgan fingerprint density at radius 2 is 1.64 bits per heavy atom. The fourth-order valence-electron chi connectivity index (χ4n) is 8.65. The first-order valence-electron chi connectivity index (χ1n) is 12.6. The minimum Gasteiger partial charge on any atom is -0.504 e. The Kier molecular flexibility index (Phi) is 4.48. The first-order chi connectivity index (χ1) is 15.2. The Morgan fingerprint density at radius 3 is 2.30 bits per heavy atom. The van der Waals surface area contributed by atoms with Crippen molar-refractivity contribution in [2.45, 2.75) is 86.5 Å². The Morgan fingerprint density at radius 1 is 0.970 bits per heavy atom. The van der Waals surface area contributed by atoms with Gasteiger partial charge in [-0.25, -0.2) is 0 Å². The lowest BCUT2D eigenvalue weighted by Gasteiger charge is -2.70. The zero-order valence-electron chi connectivity index (χ0n) is 21.0. The lowest BCUT2D eigenvalue weighted by Crippen LogP contribution is -2.62. The van der Waals surface area contributed by atoms with E-state index in [4.69, 9.17) is 0 Å². The van der Waals surface area contributed by atoms with Crippen LogP contribution in [0.5, 0.6) is 0 Å². The fraction of sp³-hybridized carbons (Fsp3) is 0.655. The van der Waals surface area contributed by atoms with E-state index in [1.54, 1.807) is 6.08 Å². The first kappa shape index (κ1) is 22.7. The number of fused-ring (bicyclic) bond motifs is 7. The molecule has 4 nitrogen and oxygen atoms in total. The minimum atomic E-state index is -0.655. The Hall–Kier alpha value is -2.10. The highest BCUT2D eigenvalue weighted by Gasteiger charge is 2.67. The van der Waals surface area contributed by atoms with Crippen LogP contribution in [0.1, 0.15) is 86.5 Å². The van der Waals surface area contributed by atoms with Gasteiger partial charge in [-0.2, -0.15) is 0 Å². The van der Waals surface area contributed by atoms with Crippen LogP contribution < -0.4 is 0 Å². The van der Waals surface area contributed by atoms with Crippen molar-refractivity contribution in [3.05, 3.63) is 46.3 Å². The zero-order valence-corrected chi connectivity index (χ0v) is 21.0. The maximum absolute atomic E-state index is 12.6. The van der Waals surface area contributed by atoms with Crippen molar-refractivity contribution in [3.8, 4) is 0 Å². The van der Waals surface area contributed by atoms with E-state index in [0.717, 1.165) is 56.1 Å². The number of allylic oxidation sites excluding steroid dienone is 7. The molecule has 0 radical (unpaired) electrons. The number of carbonyl (C=O) groups excluding carboxylic acids is 1. The Labute approximate surface area is 197 Å². The molecule has 0 unspecified atom stereocenters. The van der Waals surface area contributed by atoms with Crippen molar-refractivity contribution in [3.63, 3.8) is 0 Å². The smallest absolute Gasteiger partial charge is 0.309 e. The highest BCUT2D eigenvalue weighted by Crippen LogP contribution is 2.75. The van der Waals surface area contributed by atoms with E-state index in [0.29, 0.717) is 11.5 Å². The number of carbonyl (C=O) groups is 2. The van der Waals surface area contributed by atoms with Gasteiger partial charge in [0.25, 0.3) is 0 Å². The number of carboxylic acid groups (broad SMARTS) is 1. The topological polar surface area (TPSA) is 74.6 Å². The second kappa shape index (κ2) is 6.52. The van der Waals surface area contributed by atoms with E-state index in [1.807, 2.05) is 13.8 Å². The van der Waals surface area contributed by atoms with Crippen LogP contribution in [0.2, 0.25) is 0 Å². The summed E-state index contributed by atoms with van der Waals surface area (Å²) in [6, 6.07) is 0. The second-order valence-electron chi connectivity index (χ2n) is 12.9. The van der Waals surface area contributed by atoms with Gasteiger partial charge in [-0.05, 0) is 98.2 Å². The standard InChI is InChI=1S/C29H38O4/c1-17-18-7-8-21-27(4,19(18)15-20(30)23(17)31)12-14-29(6)22-16-26(3,24(32)33)10-9-25(22,2)11-13-28(21,29)5/h7-8,15,22,31H,9-14,16H2,1-6H3,(H,32,33)/t22-,25+,26-,27-,28-,29-/m1/s1.